The molecule has 24 heavy (non-hydrogen) atoms. The van der Waals surface area contributed by atoms with E-state index in [2.05, 4.69) is 5.32 Å². The van der Waals surface area contributed by atoms with Crippen molar-refractivity contribution < 1.29 is 23.8 Å². The van der Waals surface area contributed by atoms with Crippen molar-refractivity contribution in [2.75, 3.05) is 19.0 Å². The first-order valence-electron chi connectivity index (χ1n) is 7.55. The zero-order valence-electron chi connectivity index (χ0n) is 13.2. The lowest BCUT2D eigenvalue weighted by atomic mass is 10.0. The van der Waals surface area contributed by atoms with Gasteiger partial charge in [-0.05, 0) is 42.3 Å². The third kappa shape index (κ3) is 3.65. The number of hydrogen-bond acceptors (Lipinski definition) is 5. The van der Waals surface area contributed by atoms with E-state index in [1.54, 1.807) is 36.4 Å². The largest absolute Gasteiger partial charge is 0.493 e. The van der Waals surface area contributed by atoms with E-state index in [4.69, 9.17) is 14.2 Å². The summed E-state index contributed by atoms with van der Waals surface area (Å²) in [6.45, 7) is -0.228. The summed E-state index contributed by atoms with van der Waals surface area (Å²) in [5, 5.41) is 2.78. The van der Waals surface area contributed by atoms with Crippen LogP contribution in [0.3, 0.4) is 0 Å². The highest BCUT2D eigenvalue weighted by Gasteiger charge is 2.16. The number of nitrogens with one attached hydrogen (secondary N) is 1. The summed E-state index contributed by atoms with van der Waals surface area (Å²) in [5.74, 6) is 0.941. The van der Waals surface area contributed by atoms with E-state index >= 15 is 0 Å². The Bertz CT molecular complexity index is 772. The van der Waals surface area contributed by atoms with Crippen LogP contribution in [0.5, 0.6) is 17.2 Å². The maximum absolute atomic E-state index is 11.9. The van der Waals surface area contributed by atoms with Crippen molar-refractivity contribution in [3.8, 4) is 17.2 Å². The molecule has 124 valence electrons. The fraction of sp³-hybridized carbons (Fsp3) is 0.222. The molecular weight excluding hydrogens is 310 g/mol. The number of rotatable bonds is 5. The molecule has 0 fully saturated rings. The van der Waals surface area contributed by atoms with Crippen molar-refractivity contribution in [2.45, 2.75) is 12.8 Å². The van der Waals surface area contributed by atoms with Crippen LogP contribution in [0.25, 0.3) is 0 Å². The molecule has 1 amide bonds. The van der Waals surface area contributed by atoms with E-state index in [0.717, 1.165) is 11.3 Å². The summed E-state index contributed by atoms with van der Waals surface area (Å²) in [5.41, 5.74) is 1.71. The van der Waals surface area contributed by atoms with E-state index in [9.17, 15) is 9.59 Å². The Kier molecular flexibility index (Phi) is 4.65. The quantitative estimate of drug-likeness (QED) is 0.675. The lowest BCUT2D eigenvalue weighted by molar-refractivity contribution is -0.136. The van der Waals surface area contributed by atoms with E-state index < -0.39 is 5.97 Å². The minimum atomic E-state index is -0.513. The highest BCUT2D eigenvalue weighted by molar-refractivity contribution is 5.94. The van der Waals surface area contributed by atoms with Crippen LogP contribution >= 0.6 is 0 Å². The highest BCUT2D eigenvalue weighted by atomic mass is 16.6. The number of methoxy groups -OCH3 is 1. The average molecular weight is 327 g/mol. The molecule has 2 aromatic rings. The van der Waals surface area contributed by atoms with Gasteiger partial charge in [0.1, 0.15) is 5.75 Å². The molecule has 0 aliphatic carbocycles. The summed E-state index contributed by atoms with van der Waals surface area (Å²) in [6, 6.07) is 12.2. The van der Waals surface area contributed by atoms with Gasteiger partial charge in [-0.25, -0.2) is 4.79 Å². The van der Waals surface area contributed by atoms with Crippen LogP contribution in [0.2, 0.25) is 0 Å². The van der Waals surface area contributed by atoms with Gasteiger partial charge in [0.15, 0.2) is 18.1 Å². The van der Waals surface area contributed by atoms with Crippen molar-refractivity contribution in [3.05, 3.63) is 48.0 Å². The van der Waals surface area contributed by atoms with E-state index in [0.29, 0.717) is 30.1 Å². The van der Waals surface area contributed by atoms with Gasteiger partial charge in [-0.1, -0.05) is 12.1 Å². The number of amides is 1. The first kappa shape index (κ1) is 15.9. The van der Waals surface area contributed by atoms with Gasteiger partial charge in [-0.2, -0.15) is 0 Å². The number of ether oxygens (including phenoxy) is 3. The molecule has 0 unspecified atom stereocenters. The molecule has 0 aromatic heterocycles. The van der Waals surface area contributed by atoms with Crippen molar-refractivity contribution in [1.82, 2.24) is 0 Å². The molecule has 0 spiro atoms. The summed E-state index contributed by atoms with van der Waals surface area (Å²) in [6.07, 6.45) is 1.06. The van der Waals surface area contributed by atoms with Gasteiger partial charge in [0.05, 0.1) is 7.11 Å². The zero-order valence-corrected chi connectivity index (χ0v) is 13.2. The second-order valence-electron chi connectivity index (χ2n) is 5.28. The highest BCUT2D eigenvalue weighted by Crippen LogP contribution is 2.28. The minimum absolute atomic E-state index is 0.00236. The molecule has 0 atom stereocenters. The van der Waals surface area contributed by atoms with Gasteiger partial charge in [-0.15, -0.1) is 0 Å². The van der Waals surface area contributed by atoms with E-state index in [1.165, 1.54) is 7.11 Å². The summed E-state index contributed by atoms with van der Waals surface area (Å²) in [4.78, 5) is 23.3. The Morgan fingerprint density at radius 1 is 1.12 bits per heavy atom. The van der Waals surface area contributed by atoms with Crippen LogP contribution in [0.15, 0.2) is 42.5 Å². The molecular formula is C18H17NO5. The van der Waals surface area contributed by atoms with Crippen LogP contribution < -0.4 is 19.5 Å². The Morgan fingerprint density at radius 2 is 1.92 bits per heavy atom. The number of hydrogen-bond donors (Lipinski definition) is 1. The predicted molar refractivity (Wildman–Crippen MR) is 87.5 cm³/mol. The van der Waals surface area contributed by atoms with Crippen LogP contribution in [0.4, 0.5) is 5.69 Å². The lowest BCUT2D eigenvalue weighted by Gasteiger charge is -2.17. The van der Waals surface area contributed by atoms with Crippen LogP contribution in [-0.2, 0) is 16.0 Å². The van der Waals surface area contributed by atoms with Gasteiger partial charge in [0.2, 0.25) is 5.91 Å². The molecule has 0 bridgehead atoms. The molecule has 6 heteroatoms. The fourth-order valence-corrected chi connectivity index (χ4v) is 2.46. The van der Waals surface area contributed by atoms with Crippen molar-refractivity contribution in [2.24, 2.45) is 0 Å². The van der Waals surface area contributed by atoms with Crippen LogP contribution in [0, 0.1) is 0 Å². The van der Waals surface area contributed by atoms with Gasteiger partial charge in [0.25, 0.3) is 0 Å². The summed E-state index contributed by atoms with van der Waals surface area (Å²) in [7, 11) is 1.53. The third-order valence-electron chi connectivity index (χ3n) is 3.62. The van der Waals surface area contributed by atoms with Gasteiger partial charge < -0.3 is 19.5 Å². The topological polar surface area (TPSA) is 73.9 Å². The fourth-order valence-electron chi connectivity index (χ4n) is 2.46. The summed E-state index contributed by atoms with van der Waals surface area (Å²) >= 11 is 0. The number of benzene rings is 2. The molecule has 2 aromatic carbocycles. The van der Waals surface area contributed by atoms with Crippen LogP contribution in [0.1, 0.15) is 12.0 Å². The van der Waals surface area contributed by atoms with Crippen molar-refractivity contribution >= 4 is 17.6 Å². The van der Waals surface area contributed by atoms with E-state index in [-0.39, 0.29) is 12.5 Å². The third-order valence-corrected chi connectivity index (χ3v) is 3.62. The first-order valence-corrected chi connectivity index (χ1v) is 7.55. The second kappa shape index (κ2) is 7.04. The Balaban J connectivity index is 1.60. The standard InChI is InChI=1S/C18H17NO5/c1-22-15-4-2-3-5-16(15)23-11-18(21)24-13-7-8-14-12(10-13)6-9-17(20)19-14/h2-5,7-8,10H,6,9,11H2,1H3,(H,19,20). The van der Waals surface area contributed by atoms with Gasteiger partial charge in [-0.3, -0.25) is 4.79 Å². The number of para-hydroxylation sites is 2. The number of anilines is 1. The first-order chi connectivity index (χ1) is 11.7. The Morgan fingerprint density at radius 3 is 2.71 bits per heavy atom. The lowest BCUT2D eigenvalue weighted by Crippen LogP contribution is -2.20. The number of esters is 1. The number of carbonyl (C=O) groups excluding carboxylic acids is 2. The average Bonchev–Trinajstić information content (AvgIpc) is 2.60. The molecule has 0 saturated carbocycles. The monoisotopic (exact) mass is 327 g/mol. The van der Waals surface area contributed by atoms with Gasteiger partial charge >= 0.3 is 5.97 Å². The molecule has 1 aliphatic heterocycles. The second-order valence-corrected chi connectivity index (χ2v) is 5.28. The molecule has 1 heterocycles. The number of aryl methyl sites for hydroxylation is 1. The van der Waals surface area contributed by atoms with Gasteiger partial charge in [0, 0.05) is 12.1 Å². The maximum atomic E-state index is 11.9. The van der Waals surface area contributed by atoms with E-state index in [1.807, 2.05) is 6.07 Å². The maximum Gasteiger partial charge on any atom is 0.349 e. The molecule has 1 aliphatic rings. The molecule has 1 N–H and O–H groups in total. The van der Waals surface area contributed by atoms with Crippen molar-refractivity contribution in [3.63, 3.8) is 0 Å². The Labute approximate surface area is 139 Å². The Hall–Kier alpha value is -3.02. The SMILES string of the molecule is COc1ccccc1OCC(=O)Oc1ccc2c(c1)CCC(=O)N2. The number of carbonyl (C=O) groups is 2. The minimum Gasteiger partial charge on any atom is -0.493 e. The normalized spacial score (nSPS) is 12.8. The zero-order chi connectivity index (χ0) is 16.9. The molecule has 0 saturated heterocycles. The predicted octanol–water partition coefficient (Wildman–Crippen LogP) is 2.56. The van der Waals surface area contributed by atoms with Crippen LogP contribution in [-0.4, -0.2) is 25.6 Å². The number of fused-ring (bicyclic) bond motifs is 1. The smallest absolute Gasteiger partial charge is 0.349 e. The molecule has 3 rings (SSSR count). The molecule has 6 nitrogen and oxygen atoms in total. The molecule has 0 radical (unpaired) electrons. The summed E-state index contributed by atoms with van der Waals surface area (Å²) < 4.78 is 15.9. The van der Waals surface area contributed by atoms with Crippen molar-refractivity contribution in [1.29, 1.82) is 0 Å².